The van der Waals surface area contributed by atoms with Gasteiger partial charge in [-0.1, -0.05) is 0 Å². The van der Waals surface area contributed by atoms with Crippen LogP contribution < -0.4 is 0 Å². The Labute approximate surface area is 166 Å². The first-order valence-electron chi connectivity index (χ1n) is 2.00. The summed E-state index contributed by atoms with van der Waals surface area (Å²) in [6.07, 6.45) is 0. The van der Waals surface area contributed by atoms with Crippen molar-refractivity contribution < 1.29 is 138 Å². The molecule has 0 bridgehead atoms. The van der Waals surface area contributed by atoms with Crippen LogP contribution in [0, 0.1) is 79.9 Å². The summed E-state index contributed by atoms with van der Waals surface area (Å²) in [5.74, 6) is 0. The quantitative estimate of drug-likeness (QED) is 0.182. The monoisotopic (exact) mass is 622 g/mol. The molecule has 0 aliphatic heterocycles. The molecule has 0 atom stereocenters. The van der Waals surface area contributed by atoms with Crippen LogP contribution in [-0.2, 0) is 31.2 Å². The molecule has 0 fully saturated rings. The molecule has 13 nitrogen and oxygen atoms in total. The summed E-state index contributed by atoms with van der Waals surface area (Å²) in [6, 6.07) is 0. The van der Waals surface area contributed by atoms with Crippen molar-refractivity contribution in [1.82, 2.24) is 0 Å². The zero-order chi connectivity index (χ0) is 13.5. The Hall–Kier alpha value is 2.22. The van der Waals surface area contributed by atoms with Gasteiger partial charge in [0, 0.05) is 31.2 Å². The molecule has 18 heavy (non-hydrogen) atoms. The van der Waals surface area contributed by atoms with Gasteiger partial charge in [0.1, 0.15) is 0 Å². The van der Waals surface area contributed by atoms with Crippen LogP contribution in [0.5, 0.6) is 0 Å². The van der Waals surface area contributed by atoms with Crippen LogP contribution in [-0.4, -0.2) is 58.0 Å². The molecule has 2 radical (unpaired) electrons. The fourth-order valence-corrected chi connectivity index (χ4v) is 0. The van der Waals surface area contributed by atoms with E-state index in [4.69, 9.17) is 52.6 Å². The molecule has 0 aromatic rings. The first-order chi connectivity index (χ1) is 6.00. The molecule has 0 saturated carbocycles. The van der Waals surface area contributed by atoms with Crippen LogP contribution in [0.4, 0.5) is 0 Å². The molecule has 0 amide bonds. The normalized spacial score (nSPS) is 9.67. The first-order valence-corrected chi connectivity index (χ1v) is 6.00. The average molecular weight is 621 g/mol. The van der Waals surface area contributed by atoms with Crippen LogP contribution in [0.3, 0.4) is 0 Å². The van der Waals surface area contributed by atoms with Crippen molar-refractivity contribution >= 4 is 31.2 Å². The van der Waals surface area contributed by atoms with E-state index in [0.717, 1.165) is 0 Å². The standard InChI is InChI=1S/2Gd.3H2O4S.H2O/c;;3*1-5(2,3)4;/h;;3*(H2,1,2,3,4);1H2/q2*+3;;;;/p-6. The number of rotatable bonds is 0. The van der Waals surface area contributed by atoms with Gasteiger partial charge in [0.2, 0.25) is 0 Å². The molecular weight excluding hydrogens is 619 g/mol. The van der Waals surface area contributed by atoms with Crippen LogP contribution in [0.1, 0.15) is 0 Å². The van der Waals surface area contributed by atoms with E-state index < -0.39 is 31.2 Å². The molecule has 0 aliphatic carbocycles. The van der Waals surface area contributed by atoms with Crippen LogP contribution in [0.15, 0.2) is 0 Å². The second-order valence-electron chi connectivity index (χ2n) is 1.22. The molecular formula is H2Gd2O13S3. The molecule has 114 valence electrons. The van der Waals surface area contributed by atoms with E-state index in [1.807, 2.05) is 0 Å². The molecule has 0 aliphatic rings. The van der Waals surface area contributed by atoms with Crippen molar-refractivity contribution in [3.8, 4) is 0 Å². The molecule has 0 aromatic carbocycles. The Balaban J connectivity index is -0.0000000277. The third kappa shape index (κ3) is 1100. The van der Waals surface area contributed by atoms with Crippen LogP contribution in [0.25, 0.3) is 0 Å². The second-order valence-corrected chi connectivity index (χ2v) is 3.67. The average Bonchev–Trinajstić information content (AvgIpc) is 1.41. The van der Waals surface area contributed by atoms with E-state index in [1.54, 1.807) is 0 Å². The van der Waals surface area contributed by atoms with Crippen molar-refractivity contribution in [3.63, 3.8) is 0 Å². The minimum absolute atomic E-state index is 0. The SMILES string of the molecule is O.O=S(=O)([O-])[O-].O=S(=O)([O-])[O-].O=S(=O)([O-])[O-].[Gd+3].[Gd+3]. The zero-order valence-corrected chi connectivity index (χ0v) is 14.3. The van der Waals surface area contributed by atoms with Gasteiger partial charge in [-0.05, 0) is 0 Å². The summed E-state index contributed by atoms with van der Waals surface area (Å²) in [7, 11) is -15.5. The van der Waals surface area contributed by atoms with Crippen molar-refractivity contribution in [1.29, 1.82) is 0 Å². The van der Waals surface area contributed by atoms with E-state index in [-0.39, 0.29) is 85.4 Å². The number of hydrogen-bond donors (Lipinski definition) is 0. The maximum absolute atomic E-state index is 8.52. The molecule has 18 heteroatoms. The van der Waals surface area contributed by atoms with Crippen molar-refractivity contribution in [2.45, 2.75) is 0 Å². The number of hydrogen-bond acceptors (Lipinski definition) is 12. The fraction of sp³-hybridized carbons (Fsp3) is 0. The topological polar surface area (TPSA) is 272 Å². The summed E-state index contributed by atoms with van der Waals surface area (Å²) in [5, 5.41) is 0. The zero-order valence-electron chi connectivity index (χ0n) is 7.33. The Bertz CT molecular complexity index is 341. The first kappa shape index (κ1) is 36.9. The molecule has 0 saturated heterocycles. The second kappa shape index (κ2) is 15.6. The van der Waals surface area contributed by atoms with Crippen LogP contribution >= 0.6 is 0 Å². The van der Waals surface area contributed by atoms with Gasteiger partial charge in [0.15, 0.2) is 0 Å². The largest absolute Gasteiger partial charge is 3.00 e. The van der Waals surface area contributed by atoms with E-state index in [0.29, 0.717) is 0 Å². The van der Waals surface area contributed by atoms with Gasteiger partial charge < -0.3 is 32.8 Å². The van der Waals surface area contributed by atoms with Gasteiger partial charge in [0.05, 0.1) is 0 Å². The van der Waals surface area contributed by atoms with Crippen molar-refractivity contribution in [2.75, 3.05) is 0 Å². The predicted molar refractivity (Wildman–Crippen MR) is 35.0 cm³/mol. The van der Waals surface area contributed by atoms with E-state index in [2.05, 4.69) is 0 Å². The van der Waals surface area contributed by atoms with E-state index in [1.165, 1.54) is 0 Å². The Morgan fingerprint density at radius 1 is 0.444 bits per heavy atom. The molecule has 0 heterocycles. The minimum Gasteiger partial charge on any atom is -0.759 e. The van der Waals surface area contributed by atoms with Gasteiger partial charge in [-0.25, -0.2) is 0 Å². The summed E-state index contributed by atoms with van der Waals surface area (Å²) in [4.78, 5) is 0. The van der Waals surface area contributed by atoms with E-state index in [9.17, 15) is 0 Å². The van der Waals surface area contributed by atoms with Gasteiger partial charge in [-0.15, -0.1) is 0 Å². The molecule has 0 rings (SSSR count). The molecule has 2 N–H and O–H groups in total. The maximum atomic E-state index is 8.52. The summed E-state index contributed by atoms with van der Waals surface area (Å²) < 4.78 is 102. The Morgan fingerprint density at radius 3 is 0.444 bits per heavy atom. The van der Waals surface area contributed by atoms with Gasteiger partial charge in [-0.2, -0.15) is 0 Å². The summed E-state index contributed by atoms with van der Waals surface area (Å²) in [5.41, 5.74) is 0. The third-order valence-corrected chi connectivity index (χ3v) is 0. The minimum atomic E-state index is -5.17. The third-order valence-electron chi connectivity index (χ3n) is 0. The Morgan fingerprint density at radius 2 is 0.444 bits per heavy atom. The Kier molecular flexibility index (Phi) is 32.0. The van der Waals surface area contributed by atoms with Crippen LogP contribution in [0.2, 0.25) is 0 Å². The van der Waals surface area contributed by atoms with Crippen molar-refractivity contribution in [2.24, 2.45) is 0 Å². The van der Waals surface area contributed by atoms with Gasteiger partial charge >= 0.3 is 79.9 Å². The maximum Gasteiger partial charge on any atom is 3.00 e. The van der Waals surface area contributed by atoms with Gasteiger partial charge in [0.25, 0.3) is 0 Å². The summed E-state index contributed by atoms with van der Waals surface area (Å²) in [6.45, 7) is 0. The van der Waals surface area contributed by atoms with E-state index >= 15 is 0 Å². The molecule has 0 aromatic heterocycles. The van der Waals surface area contributed by atoms with Gasteiger partial charge in [-0.3, -0.25) is 25.3 Å². The molecule has 0 spiro atoms. The molecule has 0 unspecified atom stereocenters. The predicted octanol–water partition coefficient (Wildman–Crippen LogP) is -4.84. The fourth-order valence-electron chi connectivity index (χ4n) is 0. The smallest absolute Gasteiger partial charge is 0.759 e. The van der Waals surface area contributed by atoms with Crippen molar-refractivity contribution in [3.05, 3.63) is 0 Å². The summed E-state index contributed by atoms with van der Waals surface area (Å²) >= 11 is 0.